The van der Waals surface area contributed by atoms with E-state index < -0.39 is 29.5 Å². The van der Waals surface area contributed by atoms with E-state index in [1.807, 2.05) is 0 Å². The number of hydrogen-bond donors (Lipinski definition) is 2. The van der Waals surface area contributed by atoms with Gasteiger partial charge in [-0.25, -0.2) is 9.18 Å². The van der Waals surface area contributed by atoms with E-state index in [1.165, 1.54) is 19.1 Å². The van der Waals surface area contributed by atoms with Crippen LogP contribution in [0.3, 0.4) is 0 Å². The topological polar surface area (TPSA) is 67.4 Å². The summed E-state index contributed by atoms with van der Waals surface area (Å²) < 4.78 is 18.3. The standard InChI is InChI=1S/C14H17Cl2FN2O3/c1-7(18-13(21)22-14(2,3)4)12(20)19-8-5-9(15)11(17)10(16)6-8/h5-7H,1-4H3,(H,18,21)(H,19,20). The van der Waals surface area contributed by atoms with Crippen molar-refractivity contribution in [1.29, 1.82) is 0 Å². The van der Waals surface area contributed by atoms with Crippen molar-refractivity contribution in [2.75, 3.05) is 5.32 Å². The molecule has 1 aromatic carbocycles. The smallest absolute Gasteiger partial charge is 0.408 e. The van der Waals surface area contributed by atoms with Gasteiger partial charge in [-0.05, 0) is 39.8 Å². The molecular formula is C14H17Cl2FN2O3. The monoisotopic (exact) mass is 350 g/mol. The van der Waals surface area contributed by atoms with Crippen LogP contribution in [0.25, 0.3) is 0 Å². The van der Waals surface area contributed by atoms with Crippen molar-refractivity contribution in [3.05, 3.63) is 28.0 Å². The zero-order valence-electron chi connectivity index (χ0n) is 12.6. The molecular weight excluding hydrogens is 334 g/mol. The number of ether oxygens (including phenoxy) is 1. The Balaban J connectivity index is 2.67. The number of hydrogen-bond acceptors (Lipinski definition) is 3. The largest absolute Gasteiger partial charge is 0.444 e. The molecule has 1 aromatic rings. The minimum atomic E-state index is -0.863. The molecule has 0 radical (unpaired) electrons. The Morgan fingerprint density at radius 2 is 1.73 bits per heavy atom. The first-order valence-electron chi connectivity index (χ1n) is 6.44. The molecule has 0 saturated carbocycles. The Labute approximate surface area is 138 Å². The third kappa shape index (κ3) is 5.69. The molecule has 0 heterocycles. The molecule has 1 rings (SSSR count). The van der Waals surface area contributed by atoms with Gasteiger partial charge in [0.05, 0.1) is 10.0 Å². The lowest BCUT2D eigenvalue weighted by atomic mass is 10.2. The van der Waals surface area contributed by atoms with Crippen molar-refractivity contribution < 1.29 is 18.7 Å². The van der Waals surface area contributed by atoms with Crippen molar-refractivity contribution >= 4 is 40.9 Å². The first kappa shape index (κ1) is 18.5. The first-order chi connectivity index (χ1) is 9.99. The molecule has 0 aliphatic heterocycles. The van der Waals surface area contributed by atoms with E-state index in [4.69, 9.17) is 27.9 Å². The van der Waals surface area contributed by atoms with Gasteiger partial charge in [-0.3, -0.25) is 4.79 Å². The van der Waals surface area contributed by atoms with Gasteiger partial charge in [0, 0.05) is 5.69 Å². The highest BCUT2D eigenvalue weighted by atomic mass is 35.5. The van der Waals surface area contributed by atoms with Crippen LogP contribution < -0.4 is 10.6 Å². The van der Waals surface area contributed by atoms with E-state index in [9.17, 15) is 14.0 Å². The molecule has 5 nitrogen and oxygen atoms in total. The maximum Gasteiger partial charge on any atom is 0.408 e. The van der Waals surface area contributed by atoms with E-state index in [0.717, 1.165) is 0 Å². The number of carbonyl (C=O) groups excluding carboxylic acids is 2. The summed E-state index contributed by atoms with van der Waals surface area (Å²) >= 11 is 11.3. The lowest BCUT2D eigenvalue weighted by Gasteiger charge is -2.21. The minimum Gasteiger partial charge on any atom is -0.444 e. The summed E-state index contributed by atoms with van der Waals surface area (Å²) in [5.41, 5.74) is -0.447. The van der Waals surface area contributed by atoms with Gasteiger partial charge in [-0.15, -0.1) is 0 Å². The van der Waals surface area contributed by atoms with Gasteiger partial charge >= 0.3 is 6.09 Å². The van der Waals surface area contributed by atoms with E-state index >= 15 is 0 Å². The van der Waals surface area contributed by atoms with Crippen LogP contribution >= 0.6 is 23.2 Å². The Kier molecular flexibility index (Phi) is 6.02. The third-order valence-corrected chi connectivity index (χ3v) is 2.93. The maximum atomic E-state index is 13.3. The van der Waals surface area contributed by atoms with Gasteiger partial charge < -0.3 is 15.4 Å². The molecule has 0 aliphatic carbocycles. The molecule has 0 fully saturated rings. The SMILES string of the molecule is CC(NC(=O)OC(C)(C)C)C(=O)Nc1cc(Cl)c(F)c(Cl)c1. The second-order valence-electron chi connectivity index (χ2n) is 5.61. The lowest BCUT2D eigenvalue weighted by Crippen LogP contribution is -2.43. The maximum absolute atomic E-state index is 13.3. The molecule has 2 N–H and O–H groups in total. The average molecular weight is 351 g/mol. The molecule has 0 aromatic heterocycles. The third-order valence-electron chi connectivity index (χ3n) is 2.38. The molecule has 0 aliphatic rings. The number of carbonyl (C=O) groups is 2. The molecule has 2 amide bonds. The number of halogens is 3. The molecule has 1 unspecified atom stereocenters. The summed E-state index contributed by atoms with van der Waals surface area (Å²) in [6.45, 7) is 6.60. The minimum absolute atomic E-state index is 0.212. The normalized spacial score (nSPS) is 12.5. The fraction of sp³-hybridized carbons (Fsp3) is 0.429. The summed E-state index contributed by atoms with van der Waals surface area (Å²) in [7, 11) is 0. The van der Waals surface area contributed by atoms with E-state index in [0.29, 0.717) is 0 Å². The van der Waals surface area contributed by atoms with Crippen LogP contribution in [-0.2, 0) is 9.53 Å². The van der Waals surface area contributed by atoms with Crippen molar-refractivity contribution in [2.45, 2.75) is 39.3 Å². The van der Waals surface area contributed by atoms with Crippen molar-refractivity contribution in [2.24, 2.45) is 0 Å². The molecule has 8 heteroatoms. The number of rotatable bonds is 3. The van der Waals surface area contributed by atoms with Crippen LogP contribution in [0.5, 0.6) is 0 Å². The van der Waals surface area contributed by atoms with Crippen LogP contribution in [0, 0.1) is 5.82 Å². The first-order valence-corrected chi connectivity index (χ1v) is 7.20. The summed E-state index contributed by atoms with van der Waals surface area (Å²) in [5, 5.41) is 4.43. The van der Waals surface area contributed by atoms with Gasteiger partial charge in [-0.1, -0.05) is 23.2 Å². The fourth-order valence-electron chi connectivity index (χ4n) is 1.43. The number of benzene rings is 1. The van der Waals surface area contributed by atoms with Crippen molar-refractivity contribution in [1.82, 2.24) is 5.32 Å². The van der Waals surface area contributed by atoms with E-state index in [1.54, 1.807) is 20.8 Å². The summed E-state index contributed by atoms with van der Waals surface area (Å²) in [4.78, 5) is 23.5. The predicted molar refractivity (Wildman–Crippen MR) is 83.9 cm³/mol. The summed E-state index contributed by atoms with van der Waals surface area (Å²) in [6, 6.07) is 1.58. The van der Waals surface area contributed by atoms with Crippen LogP contribution in [0.2, 0.25) is 10.0 Å². The summed E-state index contributed by atoms with van der Waals surface area (Å²) in [5.74, 6) is -1.29. The van der Waals surface area contributed by atoms with Crippen LogP contribution in [-0.4, -0.2) is 23.6 Å². The number of nitrogens with one attached hydrogen (secondary N) is 2. The zero-order chi connectivity index (χ0) is 17.1. The Morgan fingerprint density at radius 3 is 2.18 bits per heavy atom. The van der Waals surface area contributed by atoms with Crippen LogP contribution in [0.1, 0.15) is 27.7 Å². The quantitative estimate of drug-likeness (QED) is 0.810. The van der Waals surface area contributed by atoms with Gasteiger partial charge in [0.2, 0.25) is 5.91 Å². The highest BCUT2D eigenvalue weighted by Gasteiger charge is 2.21. The second-order valence-corrected chi connectivity index (χ2v) is 6.43. The molecule has 122 valence electrons. The second kappa shape index (κ2) is 7.15. The van der Waals surface area contributed by atoms with Gasteiger partial charge in [0.1, 0.15) is 11.6 Å². The highest BCUT2D eigenvalue weighted by Crippen LogP contribution is 2.27. The molecule has 1 atom stereocenters. The van der Waals surface area contributed by atoms with Gasteiger partial charge in [-0.2, -0.15) is 0 Å². The van der Waals surface area contributed by atoms with Crippen molar-refractivity contribution in [3.8, 4) is 0 Å². The predicted octanol–water partition coefficient (Wildman–Crippen LogP) is 3.98. The highest BCUT2D eigenvalue weighted by molar-refractivity contribution is 6.35. The number of alkyl carbamates (subject to hydrolysis) is 1. The van der Waals surface area contributed by atoms with E-state index in [2.05, 4.69) is 10.6 Å². The molecule has 22 heavy (non-hydrogen) atoms. The van der Waals surface area contributed by atoms with Gasteiger partial charge in [0.15, 0.2) is 5.82 Å². The Hall–Kier alpha value is -1.53. The van der Waals surface area contributed by atoms with Crippen LogP contribution in [0.15, 0.2) is 12.1 Å². The van der Waals surface area contributed by atoms with Crippen molar-refractivity contribution in [3.63, 3.8) is 0 Å². The number of anilines is 1. The van der Waals surface area contributed by atoms with E-state index in [-0.39, 0.29) is 15.7 Å². The lowest BCUT2D eigenvalue weighted by molar-refractivity contribution is -0.117. The Bertz CT molecular complexity index is 565. The fourth-order valence-corrected chi connectivity index (χ4v) is 1.92. The number of amides is 2. The summed E-state index contributed by atoms with van der Waals surface area (Å²) in [6.07, 6.45) is -0.717. The van der Waals surface area contributed by atoms with Gasteiger partial charge in [0.25, 0.3) is 0 Å². The van der Waals surface area contributed by atoms with Crippen LogP contribution in [0.4, 0.5) is 14.9 Å². The average Bonchev–Trinajstić information content (AvgIpc) is 2.33. The molecule has 0 saturated heterocycles. The molecule has 0 bridgehead atoms. The Morgan fingerprint density at radius 1 is 1.23 bits per heavy atom. The zero-order valence-corrected chi connectivity index (χ0v) is 14.1. The molecule has 0 spiro atoms.